The Kier molecular flexibility index (Phi) is 6.01. The molecular weight excluding hydrogens is 292 g/mol. The second-order valence-electron chi connectivity index (χ2n) is 4.80. The van der Waals surface area contributed by atoms with E-state index in [0.717, 1.165) is 5.56 Å². The monoisotopic (exact) mass is 310 g/mol. The predicted octanol–water partition coefficient (Wildman–Crippen LogP) is 3.75. The van der Waals surface area contributed by atoms with Crippen molar-refractivity contribution in [1.82, 2.24) is 0 Å². The summed E-state index contributed by atoms with van der Waals surface area (Å²) >= 11 is 0. The second kappa shape index (κ2) is 8.44. The maximum Gasteiger partial charge on any atom is 0.414 e. The number of methoxy groups -OCH3 is 1. The van der Waals surface area contributed by atoms with Crippen molar-refractivity contribution in [1.29, 1.82) is 5.26 Å². The molecule has 0 fully saturated rings. The van der Waals surface area contributed by atoms with Gasteiger partial charge in [-0.3, -0.25) is 4.90 Å². The molecule has 0 atom stereocenters. The van der Waals surface area contributed by atoms with Gasteiger partial charge in [0.25, 0.3) is 0 Å². The van der Waals surface area contributed by atoms with Gasteiger partial charge in [0, 0.05) is 12.2 Å². The van der Waals surface area contributed by atoms with E-state index in [-0.39, 0.29) is 19.6 Å². The minimum atomic E-state index is -0.478. The molecule has 0 aliphatic carbocycles. The predicted molar refractivity (Wildman–Crippen MR) is 87.2 cm³/mol. The molecule has 0 saturated heterocycles. The van der Waals surface area contributed by atoms with E-state index < -0.39 is 6.09 Å². The SMILES string of the molecule is COc1ccc(N(CCC#N)C(=O)OCc2ccccc2)cc1. The highest BCUT2D eigenvalue weighted by molar-refractivity contribution is 5.87. The van der Waals surface area contributed by atoms with Crippen molar-refractivity contribution >= 4 is 11.8 Å². The fourth-order valence-corrected chi connectivity index (χ4v) is 2.05. The summed E-state index contributed by atoms with van der Waals surface area (Å²) in [5.74, 6) is 0.701. The van der Waals surface area contributed by atoms with Crippen LogP contribution in [-0.2, 0) is 11.3 Å². The minimum Gasteiger partial charge on any atom is -0.497 e. The molecule has 0 N–H and O–H groups in total. The lowest BCUT2D eigenvalue weighted by molar-refractivity contribution is 0.147. The summed E-state index contributed by atoms with van der Waals surface area (Å²) in [6.45, 7) is 0.468. The Morgan fingerprint density at radius 1 is 1.13 bits per heavy atom. The van der Waals surface area contributed by atoms with Crippen LogP contribution in [0.4, 0.5) is 10.5 Å². The fourth-order valence-electron chi connectivity index (χ4n) is 2.05. The van der Waals surface area contributed by atoms with Crippen LogP contribution in [0.5, 0.6) is 5.75 Å². The topological polar surface area (TPSA) is 62.6 Å². The smallest absolute Gasteiger partial charge is 0.414 e. The molecule has 5 nitrogen and oxygen atoms in total. The fraction of sp³-hybridized carbons (Fsp3) is 0.222. The molecule has 5 heteroatoms. The van der Waals surface area contributed by atoms with Crippen LogP contribution in [0.15, 0.2) is 54.6 Å². The van der Waals surface area contributed by atoms with Gasteiger partial charge in [-0.25, -0.2) is 4.79 Å². The van der Waals surface area contributed by atoms with Crippen molar-refractivity contribution in [2.75, 3.05) is 18.6 Å². The maximum absolute atomic E-state index is 12.3. The number of carbonyl (C=O) groups is 1. The van der Waals surface area contributed by atoms with Crippen molar-refractivity contribution < 1.29 is 14.3 Å². The zero-order valence-electron chi connectivity index (χ0n) is 12.9. The molecule has 0 aromatic heterocycles. The van der Waals surface area contributed by atoms with Crippen LogP contribution >= 0.6 is 0 Å². The van der Waals surface area contributed by atoms with Crippen LogP contribution in [0.25, 0.3) is 0 Å². The Labute approximate surface area is 135 Å². The zero-order chi connectivity index (χ0) is 16.5. The minimum absolute atomic E-state index is 0.193. The Hall–Kier alpha value is -3.00. The third-order valence-corrected chi connectivity index (χ3v) is 3.26. The molecule has 23 heavy (non-hydrogen) atoms. The Morgan fingerprint density at radius 3 is 2.43 bits per heavy atom. The molecule has 0 aliphatic heterocycles. The van der Waals surface area contributed by atoms with Crippen LogP contribution in [0.2, 0.25) is 0 Å². The van der Waals surface area contributed by atoms with Crippen molar-refractivity contribution in [3.63, 3.8) is 0 Å². The summed E-state index contributed by atoms with van der Waals surface area (Å²) in [7, 11) is 1.58. The molecule has 1 amide bonds. The lowest BCUT2D eigenvalue weighted by Crippen LogP contribution is -2.32. The Morgan fingerprint density at radius 2 is 1.83 bits per heavy atom. The molecule has 0 spiro atoms. The van der Waals surface area contributed by atoms with Crippen LogP contribution in [0.3, 0.4) is 0 Å². The number of anilines is 1. The second-order valence-corrected chi connectivity index (χ2v) is 4.80. The van der Waals surface area contributed by atoms with Gasteiger partial charge in [0.2, 0.25) is 0 Å². The van der Waals surface area contributed by atoms with Crippen molar-refractivity contribution in [3.8, 4) is 11.8 Å². The Balaban J connectivity index is 2.06. The molecule has 2 aromatic carbocycles. The zero-order valence-corrected chi connectivity index (χ0v) is 12.9. The average molecular weight is 310 g/mol. The third-order valence-electron chi connectivity index (χ3n) is 3.26. The number of amides is 1. The Bertz CT molecular complexity index is 663. The number of nitriles is 1. The van der Waals surface area contributed by atoms with E-state index in [2.05, 4.69) is 0 Å². The van der Waals surface area contributed by atoms with Crippen LogP contribution in [0.1, 0.15) is 12.0 Å². The molecule has 2 rings (SSSR count). The van der Waals surface area contributed by atoms with Gasteiger partial charge in [-0.05, 0) is 29.8 Å². The summed E-state index contributed by atoms with van der Waals surface area (Å²) in [4.78, 5) is 13.8. The third kappa shape index (κ3) is 4.75. The molecule has 0 aliphatic rings. The van der Waals surface area contributed by atoms with Gasteiger partial charge in [0.1, 0.15) is 12.4 Å². The highest BCUT2D eigenvalue weighted by Gasteiger charge is 2.17. The summed E-state index contributed by atoms with van der Waals surface area (Å²) < 4.78 is 10.5. The molecule has 0 heterocycles. The number of rotatable bonds is 6. The number of nitrogens with zero attached hydrogens (tertiary/aromatic N) is 2. The summed E-state index contributed by atoms with van der Waals surface area (Å²) in [5, 5.41) is 8.79. The standard InChI is InChI=1S/C18H18N2O3/c1-22-17-10-8-16(9-11-17)20(13-5-12-19)18(21)23-14-15-6-3-2-4-7-15/h2-4,6-11H,5,13-14H2,1H3. The normalized spacial score (nSPS) is 9.74. The van der Waals surface area contributed by atoms with Crippen LogP contribution < -0.4 is 9.64 Å². The molecular formula is C18H18N2O3. The molecule has 118 valence electrons. The lowest BCUT2D eigenvalue weighted by atomic mass is 10.2. The highest BCUT2D eigenvalue weighted by Crippen LogP contribution is 2.20. The van der Waals surface area contributed by atoms with Gasteiger partial charge >= 0.3 is 6.09 Å². The first-order chi connectivity index (χ1) is 11.2. The van der Waals surface area contributed by atoms with E-state index in [1.165, 1.54) is 4.90 Å². The van der Waals surface area contributed by atoms with Gasteiger partial charge < -0.3 is 9.47 Å². The van der Waals surface area contributed by atoms with Gasteiger partial charge in [0.15, 0.2) is 0 Å². The van der Waals surface area contributed by atoms with E-state index in [9.17, 15) is 4.79 Å². The molecule has 0 saturated carbocycles. The van der Waals surface area contributed by atoms with E-state index >= 15 is 0 Å². The van der Waals surface area contributed by atoms with Gasteiger partial charge in [-0.15, -0.1) is 0 Å². The average Bonchev–Trinajstić information content (AvgIpc) is 2.61. The molecule has 0 bridgehead atoms. The summed E-state index contributed by atoms with van der Waals surface area (Å²) in [6.07, 6.45) is -0.249. The number of hydrogen-bond acceptors (Lipinski definition) is 4. The van der Waals surface area contributed by atoms with Gasteiger partial charge in [-0.1, -0.05) is 30.3 Å². The summed E-state index contributed by atoms with van der Waals surface area (Å²) in [5.41, 5.74) is 1.58. The number of ether oxygens (including phenoxy) is 2. The molecule has 0 unspecified atom stereocenters. The number of carbonyl (C=O) groups excluding carboxylic acids is 1. The van der Waals surface area contributed by atoms with Crippen LogP contribution in [-0.4, -0.2) is 19.7 Å². The van der Waals surface area contributed by atoms with E-state index in [1.807, 2.05) is 36.4 Å². The van der Waals surface area contributed by atoms with Gasteiger partial charge in [-0.2, -0.15) is 5.26 Å². The largest absolute Gasteiger partial charge is 0.497 e. The molecule has 2 aromatic rings. The van der Waals surface area contributed by atoms with E-state index in [0.29, 0.717) is 11.4 Å². The van der Waals surface area contributed by atoms with Crippen molar-refractivity contribution in [2.45, 2.75) is 13.0 Å². The van der Waals surface area contributed by atoms with Crippen molar-refractivity contribution in [3.05, 3.63) is 60.2 Å². The maximum atomic E-state index is 12.3. The number of hydrogen-bond donors (Lipinski definition) is 0. The lowest BCUT2D eigenvalue weighted by Gasteiger charge is -2.21. The van der Waals surface area contributed by atoms with E-state index in [4.69, 9.17) is 14.7 Å². The van der Waals surface area contributed by atoms with Crippen molar-refractivity contribution in [2.24, 2.45) is 0 Å². The van der Waals surface area contributed by atoms with Crippen LogP contribution in [0, 0.1) is 11.3 Å². The summed E-state index contributed by atoms with van der Waals surface area (Å²) in [6, 6.07) is 18.6. The number of benzene rings is 2. The van der Waals surface area contributed by atoms with E-state index in [1.54, 1.807) is 31.4 Å². The first-order valence-electron chi connectivity index (χ1n) is 7.24. The highest BCUT2D eigenvalue weighted by atomic mass is 16.6. The first kappa shape index (κ1) is 16.4. The van der Waals surface area contributed by atoms with Gasteiger partial charge in [0.05, 0.1) is 19.6 Å². The quantitative estimate of drug-likeness (QED) is 0.815. The molecule has 0 radical (unpaired) electrons. The first-order valence-corrected chi connectivity index (χ1v) is 7.24.